The van der Waals surface area contributed by atoms with Crippen LogP contribution in [-0.4, -0.2) is 35.8 Å². The molecule has 2 aromatic heterocycles. The summed E-state index contributed by atoms with van der Waals surface area (Å²) in [5.41, 5.74) is 2.60. The minimum absolute atomic E-state index is 0.0500. The van der Waals surface area contributed by atoms with E-state index in [1.807, 2.05) is 35.8 Å². The molecule has 0 aliphatic heterocycles. The van der Waals surface area contributed by atoms with Crippen LogP contribution in [0.5, 0.6) is 5.75 Å². The van der Waals surface area contributed by atoms with Crippen molar-refractivity contribution in [2.24, 2.45) is 0 Å². The molecule has 0 N–H and O–H groups in total. The van der Waals surface area contributed by atoms with E-state index in [2.05, 4.69) is 9.97 Å². The van der Waals surface area contributed by atoms with Crippen molar-refractivity contribution < 1.29 is 13.2 Å². The fourth-order valence-corrected chi connectivity index (χ4v) is 2.90. The van der Waals surface area contributed by atoms with E-state index in [-0.39, 0.29) is 5.03 Å². The molecule has 3 rings (SSSR count). The van der Waals surface area contributed by atoms with Crippen LogP contribution in [0, 0.1) is 0 Å². The molecule has 0 bridgehead atoms. The Hall–Kier alpha value is -2.67. The van der Waals surface area contributed by atoms with Crippen LogP contribution in [0.25, 0.3) is 16.9 Å². The van der Waals surface area contributed by atoms with Crippen molar-refractivity contribution in [3.05, 3.63) is 55.1 Å². The van der Waals surface area contributed by atoms with Gasteiger partial charge in [-0.1, -0.05) is 0 Å². The molecule has 6 nitrogen and oxygen atoms in total. The van der Waals surface area contributed by atoms with Crippen LogP contribution in [0.3, 0.4) is 0 Å². The van der Waals surface area contributed by atoms with E-state index in [1.165, 1.54) is 12.3 Å². The number of sulfone groups is 1. The van der Waals surface area contributed by atoms with E-state index in [1.54, 1.807) is 18.6 Å². The Morgan fingerprint density at radius 2 is 1.83 bits per heavy atom. The van der Waals surface area contributed by atoms with E-state index < -0.39 is 9.84 Å². The molecule has 0 unspecified atom stereocenters. The van der Waals surface area contributed by atoms with Crippen LogP contribution in [-0.2, 0) is 9.84 Å². The lowest BCUT2D eigenvalue weighted by molar-refractivity contribution is 0.340. The molecule has 2 heterocycles. The summed E-state index contributed by atoms with van der Waals surface area (Å²) in [6, 6.07) is 10.9. The van der Waals surface area contributed by atoms with Crippen molar-refractivity contribution >= 4 is 9.84 Å². The van der Waals surface area contributed by atoms with Gasteiger partial charge < -0.3 is 4.74 Å². The largest absolute Gasteiger partial charge is 0.494 e. The second kappa shape index (κ2) is 6.45. The molecule has 0 spiro atoms. The van der Waals surface area contributed by atoms with Gasteiger partial charge in [-0.05, 0) is 43.3 Å². The van der Waals surface area contributed by atoms with Crippen molar-refractivity contribution in [1.29, 1.82) is 0 Å². The number of benzene rings is 1. The molecular weight excluding hydrogens is 326 g/mol. The fourth-order valence-electron chi connectivity index (χ4n) is 2.34. The third kappa shape index (κ3) is 3.30. The van der Waals surface area contributed by atoms with E-state index in [0.29, 0.717) is 6.61 Å². The van der Waals surface area contributed by atoms with E-state index >= 15 is 0 Å². The van der Waals surface area contributed by atoms with Gasteiger partial charge in [0, 0.05) is 11.8 Å². The summed E-state index contributed by atoms with van der Waals surface area (Å²) in [6.45, 7) is 2.56. The number of pyridine rings is 1. The monoisotopic (exact) mass is 343 g/mol. The highest BCUT2D eigenvalue weighted by Gasteiger charge is 2.11. The zero-order chi connectivity index (χ0) is 17.2. The van der Waals surface area contributed by atoms with Crippen LogP contribution in [0.4, 0.5) is 0 Å². The van der Waals surface area contributed by atoms with Gasteiger partial charge in [0.05, 0.1) is 36.7 Å². The van der Waals surface area contributed by atoms with Crippen LogP contribution in [0.2, 0.25) is 0 Å². The quantitative estimate of drug-likeness (QED) is 0.712. The number of ether oxygens (including phenoxy) is 1. The first-order valence-corrected chi connectivity index (χ1v) is 9.30. The Labute approximate surface area is 140 Å². The maximum atomic E-state index is 11.5. The van der Waals surface area contributed by atoms with Crippen molar-refractivity contribution in [2.45, 2.75) is 11.9 Å². The van der Waals surface area contributed by atoms with Gasteiger partial charge in [0.2, 0.25) is 0 Å². The smallest absolute Gasteiger partial charge is 0.192 e. The number of aromatic nitrogens is 3. The van der Waals surface area contributed by atoms with Gasteiger partial charge in [0.1, 0.15) is 5.75 Å². The molecule has 124 valence electrons. The van der Waals surface area contributed by atoms with E-state index in [0.717, 1.165) is 29.0 Å². The standard InChI is InChI=1S/C17H17N3O3S/c1-3-23-15-7-4-13(5-8-15)16-11-18-12-20(16)14-6-9-17(19-10-14)24(2,21)22/h4-12H,3H2,1-2H3. The Morgan fingerprint density at radius 1 is 1.08 bits per heavy atom. The summed E-state index contributed by atoms with van der Waals surface area (Å²) in [7, 11) is -3.31. The summed E-state index contributed by atoms with van der Waals surface area (Å²) in [5, 5.41) is 0.0500. The lowest BCUT2D eigenvalue weighted by Crippen LogP contribution is -2.02. The Kier molecular flexibility index (Phi) is 4.35. The molecule has 0 aliphatic carbocycles. The SMILES string of the molecule is CCOc1ccc(-c2cncn2-c2ccc(S(C)(=O)=O)nc2)cc1. The maximum Gasteiger partial charge on any atom is 0.192 e. The second-order valence-electron chi connectivity index (χ2n) is 5.23. The highest BCUT2D eigenvalue weighted by Crippen LogP contribution is 2.25. The molecule has 0 aliphatic rings. The van der Waals surface area contributed by atoms with Crippen LogP contribution >= 0.6 is 0 Å². The molecule has 24 heavy (non-hydrogen) atoms. The first kappa shape index (κ1) is 16.2. The first-order chi connectivity index (χ1) is 11.5. The van der Waals surface area contributed by atoms with Gasteiger partial charge in [-0.2, -0.15) is 0 Å². The molecule has 0 saturated carbocycles. The highest BCUT2D eigenvalue weighted by atomic mass is 32.2. The second-order valence-corrected chi connectivity index (χ2v) is 7.20. The van der Waals surface area contributed by atoms with Gasteiger partial charge in [-0.25, -0.2) is 18.4 Å². The summed E-state index contributed by atoms with van der Waals surface area (Å²) in [5.74, 6) is 0.812. The molecule has 0 fully saturated rings. The van der Waals surface area contributed by atoms with Crippen LogP contribution in [0.15, 0.2) is 60.1 Å². The lowest BCUT2D eigenvalue weighted by Gasteiger charge is -2.09. The number of hydrogen-bond acceptors (Lipinski definition) is 5. The number of imidazole rings is 1. The normalized spacial score (nSPS) is 11.4. The first-order valence-electron chi connectivity index (χ1n) is 7.41. The van der Waals surface area contributed by atoms with Gasteiger partial charge in [-0.3, -0.25) is 4.57 Å². The molecular formula is C17H17N3O3S. The third-order valence-corrected chi connectivity index (χ3v) is 4.48. The van der Waals surface area contributed by atoms with Gasteiger partial charge >= 0.3 is 0 Å². The van der Waals surface area contributed by atoms with Gasteiger partial charge in [0.15, 0.2) is 14.9 Å². The average Bonchev–Trinajstić information content (AvgIpc) is 3.05. The topological polar surface area (TPSA) is 74.1 Å². The fraction of sp³-hybridized carbons (Fsp3) is 0.176. The van der Waals surface area contributed by atoms with Crippen molar-refractivity contribution in [3.63, 3.8) is 0 Å². The zero-order valence-corrected chi connectivity index (χ0v) is 14.2. The number of nitrogens with zero attached hydrogens (tertiary/aromatic N) is 3. The zero-order valence-electron chi connectivity index (χ0n) is 13.4. The summed E-state index contributed by atoms with van der Waals surface area (Å²) in [4.78, 5) is 8.21. The van der Waals surface area contributed by atoms with Crippen LogP contribution < -0.4 is 4.74 Å². The third-order valence-electron chi connectivity index (χ3n) is 3.48. The minimum atomic E-state index is -3.31. The molecule has 7 heteroatoms. The highest BCUT2D eigenvalue weighted by molar-refractivity contribution is 7.90. The Bertz CT molecular complexity index is 930. The van der Waals surface area contributed by atoms with Crippen molar-refractivity contribution in [2.75, 3.05) is 12.9 Å². The van der Waals surface area contributed by atoms with Gasteiger partial charge in [-0.15, -0.1) is 0 Å². The number of rotatable bonds is 5. The molecule has 3 aromatic rings. The number of hydrogen-bond donors (Lipinski definition) is 0. The summed E-state index contributed by atoms with van der Waals surface area (Å²) in [6.07, 6.45) is 6.08. The average molecular weight is 343 g/mol. The summed E-state index contributed by atoms with van der Waals surface area (Å²) < 4.78 is 30.3. The van der Waals surface area contributed by atoms with Crippen LogP contribution in [0.1, 0.15) is 6.92 Å². The van der Waals surface area contributed by atoms with Gasteiger partial charge in [0.25, 0.3) is 0 Å². The Balaban J connectivity index is 1.95. The van der Waals surface area contributed by atoms with E-state index in [4.69, 9.17) is 4.74 Å². The predicted molar refractivity (Wildman–Crippen MR) is 91.1 cm³/mol. The summed E-state index contributed by atoms with van der Waals surface area (Å²) >= 11 is 0. The molecule has 0 atom stereocenters. The predicted octanol–water partition coefficient (Wildman–Crippen LogP) is 2.74. The molecule has 0 radical (unpaired) electrons. The Morgan fingerprint density at radius 3 is 2.42 bits per heavy atom. The lowest BCUT2D eigenvalue weighted by atomic mass is 10.1. The maximum absolute atomic E-state index is 11.5. The molecule has 1 aromatic carbocycles. The minimum Gasteiger partial charge on any atom is -0.494 e. The van der Waals surface area contributed by atoms with E-state index in [9.17, 15) is 8.42 Å². The van der Waals surface area contributed by atoms with Crippen molar-refractivity contribution in [3.8, 4) is 22.7 Å². The van der Waals surface area contributed by atoms with Crippen molar-refractivity contribution in [1.82, 2.24) is 14.5 Å². The molecule has 0 amide bonds. The molecule has 0 saturated heterocycles.